The first-order chi connectivity index (χ1) is 13.1. The Morgan fingerprint density at radius 1 is 1.15 bits per heavy atom. The van der Waals surface area contributed by atoms with Crippen LogP contribution in [0, 0.1) is 0 Å². The predicted octanol–water partition coefficient (Wildman–Crippen LogP) is 2.58. The zero-order valence-corrected chi connectivity index (χ0v) is 15.3. The molecular weight excluding hydrogens is 345 g/mol. The van der Waals surface area contributed by atoms with E-state index in [4.69, 9.17) is 0 Å². The highest BCUT2D eigenvalue weighted by Gasteiger charge is 2.20. The SMILES string of the molecule is Cn1cc(-c2cnc3cnc(CC(=O)CN4CCC(F)CC4)cc3c2)cn1. The van der Waals surface area contributed by atoms with Crippen LogP contribution in [-0.2, 0) is 18.3 Å². The van der Waals surface area contributed by atoms with Crippen LogP contribution in [0.1, 0.15) is 18.5 Å². The van der Waals surface area contributed by atoms with Gasteiger partial charge in [-0.2, -0.15) is 5.10 Å². The molecule has 27 heavy (non-hydrogen) atoms. The van der Waals surface area contributed by atoms with Crippen molar-refractivity contribution in [3.8, 4) is 11.1 Å². The number of carbonyl (C=O) groups is 1. The number of hydrogen-bond acceptors (Lipinski definition) is 5. The van der Waals surface area contributed by atoms with Crippen LogP contribution in [0.25, 0.3) is 22.0 Å². The van der Waals surface area contributed by atoms with E-state index in [1.54, 1.807) is 23.3 Å². The summed E-state index contributed by atoms with van der Waals surface area (Å²) in [6.45, 7) is 1.66. The van der Waals surface area contributed by atoms with Crippen molar-refractivity contribution in [2.75, 3.05) is 19.6 Å². The molecule has 6 nitrogen and oxygen atoms in total. The Labute approximate surface area is 157 Å². The Morgan fingerprint density at radius 2 is 1.96 bits per heavy atom. The Kier molecular flexibility index (Phi) is 4.94. The summed E-state index contributed by atoms with van der Waals surface area (Å²) in [6.07, 6.45) is 7.85. The maximum atomic E-state index is 13.2. The quantitative estimate of drug-likeness (QED) is 0.694. The normalized spacial score (nSPS) is 16.1. The molecule has 1 fully saturated rings. The molecule has 0 saturated carbocycles. The highest BCUT2D eigenvalue weighted by molar-refractivity contribution is 5.86. The fourth-order valence-electron chi connectivity index (χ4n) is 3.47. The number of ketones is 1. The minimum absolute atomic E-state index is 0.107. The maximum Gasteiger partial charge on any atom is 0.152 e. The minimum atomic E-state index is -0.722. The Bertz CT molecular complexity index is 962. The first-order valence-corrected chi connectivity index (χ1v) is 9.18. The van der Waals surface area contributed by atoms with Gasteiger partial charge < -0.3 is 0 Å². The first kappa shape index (κ1) is 17.7. The zero-order chi connectivity index (χ0) is 18.8. The van der Waals surface area contributed by atoms with Gasteiger partial charge in [0.25, 0.3) is 0 Å². The van der Waals surface area contributed by atoms with E-state index in [1.807, 2.05) is 30.3 Å². The fourth-order valence-corrected chi connectivity index (χ4v) is 3.47. The van der Waals surface area contributed by atoms with Gasteiger partial charge in [0.2, 0.25) is 0 Å². The molecule has 4 rings (SSSR count). The number of aromatic nitrogens is 4. The van der Waals surface area contributed by atoms with Crippen molar-refractivity contribution in [3.63, 3.8) is 0 Å². The third kappa shape index (κ3) is 4.19. The number of aryl methyl sites for hydroxylation is 1. The Balaban J connectivity index is 1.48. The van der Waals surface area contributed by atoms with Gasteiger partial charge >= 0.3 is 0 Å². The molecule has 0 atom stereocenters. The van der Waals surface area contributed by atoms with E-state index >= 15 is 0 Å². The molecule has 0 aliphatic carbocycles. The number of halogens is 1. The van der Waals surface area contributed by atoms with E-state index in [0.29, 0.717) is 32.5 Å². The molecule has 7 heteroatoms. The number of carbonyl (C=O) groups excluding carboxylic acids is 1. The van der Waals surface area contributed by atoms with Gasteiger partial charge in [-0.15, -0.1) is 0 Å². The Hall–Kier alpha value is -2.67. The molecular formula is C20H22FN5O. The molecule has 0 amide bonds. The van der Waals surface area contributed by atoms with Gasteiger partial charge in [0.1, 0.15) is 6.17 Å². The molecule has 0 unspecified atom stereocenters. The second-order valence-electron chi connectivity index (χ2n) is 7.16. The first-order valence-electron chi connectivity index (χ1n) is 9.18. The third-order valence-corrected chi connectivity index (χ3v) is 4.96. The molecule has 4 heterocycles. The average Bonchev–Trinajstić information content (AvgIpc) is 3.09. The summed E-state index contributed by atoms with van der Waals surface area (Å²) in [6, 6.07) is 3.97. The van der Waals surface area contributed by atoms with Crippen molar-refractivity contribution in [2.45, 2.75) is 25.4 Å². The van der Waals surface area contributed by atoms with Gasteiger partial charge in [-0.1, -0.05) is 0 Å². The number of Topliss-reactive ketones (excluding diaryl/α,β-unsaturated/α-hetero) is 1. The largest absolute Gasteiger partial charge is 0.298 e. The molecule has 3 aromatic heterocycles. The van der Waals surface area contributed by atoms with Crippen molar-refractivity contribution in [2.24, 2.45) is 7.05 Å². The van der Waals surface area contributed by atoms with Gasteiger partial charge in [0.05, 0.1) is 30.9 Å². The summed E-state index contributed by atoms with van der Waals surface area (Å²) in [5.74, 6) is 0.107. The number of fused-ring (bicyclic) bond motifs is 1. The van der Waals surface area contributed by atoms with Crippen LogP contribution in [0.2, 0.25) is 0 Å². The van der Waals surface area contributed by atoms with Gasteiger partial charge in [-0.3, -0.25) is 24.3 Å². The van der Waals surface area contributed by atoms with Gasteiger partial charge in [-0.25, -0.2) is 4.39 Å². The van der Waals surface area contributed by atoms with E-state index < -0.39 is 6.17 Å². The molecule has 0 aromatic carbocycles. The van der Waals surface area contributed by atoms with Crippen LogP contribution in [-0.4, -0.2) is 56.2 Å². The molecule has 0 N–H and O–H groups in total. The molecule has 1 aliphatic heterocycles. The van der Waals surface area contributed by atoms with Gasteiger partial charge in [0, 0.05) is 54.7 Å². The van der Waals surface area contributed by atoms with Crippen LogP contribution in [0.3, 0.4) is 0 Å². The lowest BCUT2D eigenvalue weighted by atomic mass is 10.1. The topological polar surface area (TPSA) is 63.9 Å². The predicted molar refractivity (Wildman–Crippen MR) is 101 cm³/mol. The molecule has 140 valence electrons. The number of likely N-dealkylation sites (tertiary alicyclic amines) is 1. The summed E-state index contributed by atoms with van der Waals surface area (Å²) in [4.78, 5) is 23.3. The molecule has 1 aliphatic rings. The number of nitrogens with zero attached hydrogens (tertiary/aromatic N) is 5. The van der Waals surface area contributed by atoms with Gasteiger partial charge in [0.15, 0.2) is 5.78 Å². The smallest absolute Gasteiger partial charge is 0.152 e. The number of alkyl halides is 1. The maximum absolute atomic E-state index is 13.2. The van der Waals surface area contributed by atoms with Crippen LogP contribution < -0.4 is 0 Å². The van der Waals surface area contributed by atoms with Crippen LogP contribution in [0.5, 0.6) is 0 Å². The molecule has 0 spiro atoms. The lowest BCUT2D eigenvalue weighted by Crippen LogP contribution is -2.38. The summed E-state index contributed by atoms with van der Waals surface area (Å²) in [5.41, 5.74) is 3.51. The van der Waals surface area contributed by atoms with E-state index in [1.165, 1.54) is 0 Å². The third-order valence-electron chi connectivity index (χ3n) is 4.96. The number of piperidine rings is 1. The lowest BCUT2D eigenvalue weighted by molar-refractivity contribution is -0.120. The van der Waals surface area contributed by atoms with Crippen LogP contribution >= 0.6 is 0 Å². The molecule has 0 radical (unpaired) electrons. The molecule has 1 saturated heterocycles. The Morgan fingerprint density at radius 3 is 2.70 bits per heavy atom. The number of hydrogen-bond donors (Lipinski definition) is 0. The molecule has 3 aromatic rings. The summed E-state index contributed by atoms with van der Waals surface area (Å²) in [5, 5.41) is 5.15. The minimum Gasteiger partial charge on any atom is -0.298 e. The second-order valence-corrected chi connectivity index (χ2v) is 7.16. The molecule has 0 bridgehead atoms. The fraction of sp³-hybridized carbons (Fsp3) is 0.400. The standard InChI is InChI=1S/C20H22FN5O/c1-25-12-16(10-24-25)15-6-14-7-18(22-11-20(14)23-9-15)8-19(27)13-26-4-2-17(21)3-5-26/h6-7,9-12,17H,2-5,8,13H2,1H3. The van der Waals surface area contributed by atoms with Crippen LogP contribution in [0.15, 0.2) is 36.9 Å². The van der Waals surface area contributed by atoms with Gasteiger partial charge in [-0.05, 0) is 25.0 Å². The highest BCUT2D eigenvalue weighted by Crippen LogP contribution is 2.22. The highest BCUT2D eigenvalue weighted by atomic mass is 19.1. The summed E-state index contributed by atoms with van der Waals surface area (Å²) >= 11 is 0. The van der Waals surface area contributed by atoms with Crippen molar-refractivity contribution in [3.05, 3.63) is 42.6 Å². The average molecular weight is 367 g/mol. The second kappa shape index (κ2) is 7.52. The van der Waals surface area contributed by atoms with E-state index in [9.17, 15) is 9.18 Å². The van der Waals surface area contributed by atoms with Crippen LogP contribution in [0.4, 0.5) is 4.39 Å². The lowest BCUT2D eigenvalue weighted by Gasteiger charge is -2.27. The summed E-state index contributed by atoms with van der Waals surface area (Å²) in [7, 11) is 1.88. The number of pyridine rings is 2. The van der Waals surface area contributed by atoms with Crippen molar-refractivity contribution in [1.82, 2.24) is 24.6 Å². The zero-order valence-electron chi connectivity index (χ0n) is 15.3. The van der Waals surface area contributed by atoms with E-state index in [2.05, 4.69) is 15.1 Å². The summed E-state index contributed by atoms with van der Waals surface area (Å²) < 4.78 is 15.0. The van der Waals surface area contributed by atoms with Crippen molar-refractivity contribution < 1.29 is 9.18 Å². The monoisotopic (exact) mass is 367 g/mol. The number of rotatable bonds is 5. The van der Waals surface area contributed by atoms with Crippen molar-refractivity contribution >= 4 is 16.7 Å². The van der Waals surface area contributed by atoms with Crippen molar-refractivity contribution in [1.29, 1.82) is 0 Å². The van der Waals surface area contributed by atoms with E-state index in [0.717, 1.165) is 27.7 Å². The van der Waals surface area contributed by atoms with E-state index in [-0.39, 0.29) is 12.2 Å².